The Labute approximate surface area is 113 Å². The van der Waals surface area contributed by atoms with E-state index in [9.17, 15) is 5.11 Å². The van der Waals surface area contributed by atoms with Crippen LogP contribution in [0.2, 0.25) is 5.02 Å². The zero-order chi connectivity index (χ0) is 12.5. The minimum atomic E-state index is -0.135. The number of rotatable bonds is 5. The minimum absolute atomic E-state index is 0.135. The highest BCUT2D eigenvalue weighted by molar-refractivity contribution is 6.31. The summed E-state index contributed by atoms with van der Waals surface area (Å²) in [4.78, 5) is 0. The highest BCUT2D eigenvalue weighted by Gasteiger charge is 2.34. The van der Waals surface area contributed by atoms with Gasteiger partial charge in [0.1, 0.15) is 0 Å². The van der Waals surface area contributed by atoms with Gasteiger partial charge in [-0.2, -0.15) is 0 Å². The van der Waals surface area contributed by atoms with Crippen LogP contribution in [0, 0.1) is 5.92 Å². The number of hydrogen-bond donors (Lipinski definition) is 2. The van der Waals surface area contributed by atoms with E-state index in [-0.39, 0.29) is 6.10 Å². The molecule has 0 spiro atoms. The maximum Gasteiger partial charge on any atom is 0.0692 e. The van der Waals surface area contributed by atoms with Gasteiger partial charge in [-0.1, -0.05) is 29.8 Å². The van der Waals surface area contributed by atoms with E-state index in [0.717, 1.165) is 24.4 Å². The molecule has 2 saturated carbocycles. The Morgan fingerprint density at radius 2 is 2.00 bits per heavy atom. The lowest BCUT2D eigenvalue weighted by atomic mass is 9.76. The van der Waals surface area contributed by atoms with Crippen molar-refractivity contribution < 1.29 is 5.11 Å². The van der Waals surface area contributed by atoms with Crippen molar-refractivity contribution in [1.29, 1.82) is 0 Å². The molecule has 2 nitrogen and oxygen atoms in total. The maximum absolute atomic E-state index is 9.80. The van der Waals surface area contributed by atoms with Crippen LogP contribution >= 0.6 is 11.6 Å². The molecule has 1 unspecified atom stereocenters. The van der Waals surface area contributed by atoms with Crippen LogP contribution in [0.1, 0.15) is 37.2 Å². The van der Waals surface area contributed by atoms with Gasteiger partial charge in [0, 0.05) is 17.6 Å². The summed E-state index contributed by atoms with van der Waals surface area (Å²) in [7, 11) is 0. The first-order valence-corrected chi connectivity index (χ1v) is 7.27. The first-order chi connectivity index (χ1) is 8.74. The van der Waals surface area contributed by atoms with E-state index < -0.39 is 0 Å². The normalized spacial score (nSPS) is 28.8. The SMILES string of the molecule is OC(CNC1CC(c2ccccc2Cl)C1)C1CC1. The molecular formula is C15H20ClNO. The van der Waals surface area contributed by atoms with Crippen LogP contribution in [-0.2, 0) is 0 Å². The van der Waals surface area contributed by atoms with Crippen molar-refractivity contribution in [2.45, 2.75) is 43.7 Å². The van der Waals surface area contributed by atoms with Crippen molar-refractivity contribution in [2.24, 2.45) is 5.92 Å². The Bertz CT molecular complexity index is 413. The summed E-state index contributed by atoms with van der Waals surface area (Å²) in [6, 6.07) is 8.68. The van der Waals surface area contributed by atoms with Crippen LogP contribution < -0.4 is 5.32 Å². The molecule has 3 rings (SSSR count). The fourth-order valence-electron chi connectivity index (χ4n) is 2.78. The van der Waals surface area contributed by atoms with Crippen LogP contribution in [0.4, 0.5) is 0 Å². The van der Waals surface area contributed by atoms with Crippen molar-refractivity contribution in [3.05, 3.63) is 34.9 Å². The van der Waals surface area contributed by atoms with Crippen molar-refractivity contribution in [1.82, 2.24) is 5.32 Å². The molecule has 0 radical (unpaired) electrons. The molecule has 1 aromatic carbocycles. The Hall–Kier alpha value is -0.570. The lowest BCUT2D eigenvalue weighted by molar-refractivity contribution is 0.135. The van der Waals surface area contributed by atoms with Gasteiger partial charge in [0.05, 0.1) is 6.10 Å². The smallest absolute Gasteiger partial charge is 0.0692 e. The molecule has 3 heteroatoms. The standard InChI is InChI=1S/C15H20ClNO/c16-14-4-2-1-3-13(14)11-7-12(8-11)17-9-15(18)10-5-6-10/h1-4,10-12,15,17-18H,5-9H2. The molecule has 1 atom stereocenters. The molecule has 2 N–H and O–H groups in total. The van der Waals surface area contributed by atoms with E-state index in [0.29, 0.717) is 17.9 Å². The third-order valence-electron chi connectivity index (χ3n) is 4.26. The van der Waals surface area contributed by atoms with Gasteiger partial charge >= 0.3 is 0 Å². The summed E-state index contributed by atoms with van der Waals surface area (Å²) in [6.07, 6.45) is 4.55. The third-order valence-corrected chi connectivity index (χ3v) is 4.61. The van der Waals surface area contributed by atoms with Gasteiger partial charge in [-0.25, -0.2) is 0 Å². The summed E-state index contributed by atoms with van der Waals surface area (Å²) < 4.78 is 0. The molecule has 0 amide bonds. The van der Waals surface area contributed by atoms with Crippen molar-refractivity contribution in [3.63, 3.8) is 0 Å². The van der Waals surface area contributed by atoms with Crippen LogP contribution in [0.5, 0.6) is 0 Å². The Kier molecular flexibility index (Phi) is 3.60. The van der Waals surface area contributed by atoms with E-state index in [4.69, 9.17) is 11.6 Å². The predicted molar refractivity (Wildman–Crippen MR) is 73.9 cm³/mol. The molecule has 2 fully saturated rings. The highest BCUT2D eigenvalue weighted by atomic mass is 35.5. The second-order valence-corrected chi connectivity index (χ2v) is 6.11. The topological polar surface area (TPSA) is 32.3 Å². The highest BCUT2D eigenvalue weighted by Crippen LogP contribution is 2.40. The number of halogens is 1. The van der Waals surface area contributed by atoms with E-state index in [2.05, 4.69) is 17.4 Å². The lowest BCUT2D eigenvalue weighted by Gasteiger charge is -2.37. The summed E-state index contributed by atoms with van der Waals surface area (Å²) in [5, 5.41) is 14.2. The van der Waals surface area contributed by atoms with E-state index in [1.54, 1.807) is 0 Å². The van der Waals surface area contributed by atoms with Gasteiger partial charge < -0.3 is 10.4 Å². The van der Waals surface area contributed by atoms with Gasteiger partial charge in [0.15, 0.2) is 0 Å². The zero-order valence-electron chi connectivity index (χ0n) is 10.5. The summed E-state index contributed by atoms with van der Waals surface area (Å²) in [5.74, 6) is 1.16. The molecule has 0 heterocycles. The summed E-state index contributed by atoms with van der Waals surface area (Å²) in [6.45, 7) is 0.755. The number of aliphatic hydroxyl groups excluding tert-OH is 1. The van der Waals surface area contributed by atoms with E-state index in [1.807, 2.05) is 12.1 Å². The number of aliphatic hydroxyl groups is 1. The summed E-state index contributed by atoms with van der Waals surface area (Å²) in [5.41, 5.74) is 1.28. The number of benzene rings is 1. The van der Waals surface area contributed by atoms with Crippen LogP contribution in [-0.4, -0.2) is 23.8 Å². The van der Waals surface area contributed by atoms with Crippen LogP contribution in [0.25, 0.3) is 0 Å². The van der Waals surface area contributed by atoms with Crippen LogP contribution in [0.3, 0.4) is 0 Å². The fourth-order valence-corrected chi connectivity index (χ4v) is 3.07. The third kappa shape index (κ3) is 2.71. The van der Waals surface area contributed by atoms with Gasteiger partial charge in [0.2, 0.25) is 0 Å². The van der Waals surface area contributed by atoms with Gasteiger partial charge in [-0.3, -0.25) is 0 Å². The Morgan fingerprint density at radius 3 is 2.67 bits per heavy atom. The monoisotopic (exact) mass is 265 g/mol. The first kappa shape index (κ1) is 12.5. The zero-order valence-corrected chi connectivity index (χ0v) is 11.2. The number of hydrogen-bond acceptors (Lipinski definition) is 2. The van der Waals surface area contributed by atoms with Gasteiger partial charge in [-0.05, 0) is 49.1 Å². The molecule has 98 valence electrons. The first-order valence-electron chi connectivity index (χ1n) is 6.90. The molecule has 18 heavy (non-hydrogen) atoms. The Balaban J connectivity index is 1.44. The molecule has 2 aliphatic rings. The molecular weight excluding hydrogens is 246 g/mol. The van der Waals surface area contributed by atoms with E-state index >= 15 is 0 Å². The molecule has 0 saturated heterocycles. The average molecular weight is 266 g/mol. The molecule has 1 aromatic rings. The van der Waals surface area contributed by atoms with Crippen molar-refractivity contribution in [2.75, 3.05) is 6.54 Å². The second-order valence-electron chi connectivity index (χ2n) is 5.70. The van der Waals surface area contributed by atoms with Crippen molar-refractivity contribution >= 4 is 11.6 Å². The largest absolute Gasteiger partial charge is 0.392 e. The Morgan fingerprint density at radius 1 is 1.28 bits per heavy atom. The fraction of sp³-hybridized carbons (Fsp3) is 0.600. The minimum Gasteiger partial charge on any atom is -0.392 e. The molecule has 0 aliphatic heterocycles. The van der Waals surface area contributed by atoms with Gasteiger partial charge in [-0.15, -0.1) is 0 Å². The molecule has 2 aliphatic carbocycles. The number of nitrogens with one attached hydrogen (secondary N) is 1. The van der Waals surface area contributed by atoms with Crippen LogP contribution in [0.15, 0.2) is 24.3 Å². The van der Waals surface area contributed by atoms with Gasteiger partial charge in [0.25, 0.3) is 0 Å². The van der Waals surface area contributed by atoms with Crippen molar-refractivity contribution in [3.8, 4) is 0 Å². The predicted octanol–water partition coefficient (Wildman–Crippen LogP) is 2.95. The molecule has 0 aromatic heterocycles. The average Bonchev–Trinajstić information content (AvgIpc) is 3.12. The second kappa shape index (κ2) is 5.20. The molecule has 0 bridgehead atoms. The quantitative estimate of drug-likeness (QED) is 0.858. The lowest BCUT2D eigenvalue weighted by Crippen LogP contribution is -2.43. The summed E-state index contributed by atoms with van der Waals surface area (Å²) >= 11 is 6.20. The maximum atomic E-state index is 9.80. The van der Waals surface area contributed by atoms with E-state index in [1.165, 1.54) is 18.4 Å².